The zero-order chi connectivity index (χ0) is 24.1. The van der Waals surface area contributed by atoms with E-state index < -0.39 is 14.9 Å². The van der Waals surface area contributed by atoms with Crippen molar-refractivity contribution >= 4 is 27.3 Å². The molecule has 0 radical (unpaired) electrons. The molecule has 0 unspecified atom stereocenters. The van der Waals surface area contributed by atoms with Crippen LogP contribution in [0.15, 0.2) is 53.4 Å². The smallest absolute Gasteiger partial charge is 0.293 e. The highest BCUT2D eigenvalue weighted by atomic mass is 32.2. The first-order chi connectivity index (χ1) is 16.4. The van der Waals surface area contributed by atoms with Crippen LogP contribution >= 0.6 is 0 Å². The van der Waals surface area contributed by atoms with E-state index in [1.54, 1.807) is 0 Å². The molecule has 0 atom stereocenters. The van der Waals surface area contributed by atoms with Gasteiger partial charge in [0.2, 0.25) is 15.9 Å². The Morgan fingerprint density at radius 3 is 2.38 bits per heavy atom. The minimum absolute atomic E-state index is 0.0232. The summed E-state index contributed by atoms with van der Waals surface area (Å²) in [5.41, 5.74) is 1.14. The zero-order valence-electron chi connectivity index (χ0n) is 18.8. The Morgan fingerprint density at radius 1 is 1.06 bits per heavy atom. The van der Waals surface area contributed by atoms with E-state index in [2.05, 4.69) is 5.32 Å². The van der Waals surface area contributed by atoms with Crippen LogP contribution in [0.4, 0.5) is 11.4 Å². The molecular formula is C23H28N4O6S. The average molecular weight is 489 g/mol. The van der Waals surface area contributed by atoms with Gasteiger partial charge in [-0.3, -0.25) is 14.9 Å². The second-order valence-corrected chi connectivity index (χ2v) is 10.3. The van der Waals surface area contributed by atoms with Gasteiger partial charge in [-0.25, -0.2) is 8.42 Å². The van der Waals surface area contributed by atoms with Crippen molar-refractivity contribution in [1.82, 2.24) is 9.62 Å². The number of morpholine rings is 1. The maximum absolute atomic E-state index is 12.9. The summed E-state index contributed by atoms with van der Waals surface area (Å²) < 4.78 is 32.3. The van der Waals surface area contributed by atoms with Crippen molar-refractivity contribution in [2.75, 3.05) is 44.3 Å². The van der Waals surface area contributed by atoms with E-state index in [4.69, 9.17) is 4.74 Å². The van der Waals surface area contributed by atoms with Gasteiger partial charge in [0.15, 0.2) is 0 Å². The van der Waals surface area contributed by atoms with Gasteiger partial charge in [-0.2, -0.15) is 4.31 Å². The van der Waals surface area contributed by atoms with Gasteiger partial charge in [0, 0.05) is 44.7 Å². The van der Waals surface area contributed by atoms with Crippen LogP contribution < -0.4 is 10.2 Å². The summed E-state index contributed by atoms with van der Waals surface area (Å²) in [6.07, 6.45) is 1.12. The summed E-state index contributed by atoms with van der Waals surface area (Å²) in [5, 5.41) is 14.8. The highest BCUT2D eigenvalue weighted by Gasteiger charge is 2.32. The molecule has 34 heavy (non-hydrogen) atoms. The number of hydrogen-bond acceptors (Lipinski definition) is 7. The van der Waals surface area contributed by atoms with Crippen LogP contribution in [-0.4, -0.2) is 62.9 Å². The largest absolute Gasteiger partial charge is 0.379 e. The highest BCUT2D eigenvalue weighted by Crippen LogP contribution is 2.34. The van der Waals surface area contributed by atoms with Gasteiger partial charge in [-0.1, -0.05) is 30.3 Å². The molecule has 0 saturated carbocycles. The Balaban J connectivity index is 1.42. The molecule has 182 valence electrons. The molecule has 0 bridgehead atoms. The second kappa shape index (κ2) is 10.5. The van der Waals surface area contributed by atoms with Crippen LogP contribution in [-0.2, 0) is 26.1 Å². The number of carbonyl (C=O) groups excluding carboxylic acids is 1. The summed E-state index contributed by atoms with van der Waals surface area (Å²) in [6.45, 7) is 2.44. The quantitative estimate of drug-likeness (QED) is 0.468. The Bertz CT molecular complexity index is 1130. The van der Waals surface area contributed by atoms with Crippen molar-refractivity contribution in [2.24, 2.45) is 5.92 Å². The molecule has 0 aromatic heterocycles. The van der Waals surface area contributed by atoms with Crippen LogP contribution in [0.5, 0.6) is 0 Å². The van der Waals surface area contributed by atoms with Gasteiger partial charge in [-0.15, -0.1) is 0 Å². The number of hydrogen-bond donors (Lipinski definition) is 1. The number of rotatable bonds is 7. The molecule has 0 spiro atoms. The number of ether oxygens (including phenoxy) is 1. The number of nitrogens with one attached hydrogen (secondary N) is 1. The van der Waals surface area contributed by atoms with Crippen molar-refractivity contribution in [3.63, 3.8) is 0 Å². The summed E-state index contributed by atoms with van der Waals surface area (Å²) >= 11 is 0. The first-order valence-corrected chi connectivity index (χ1v) is 12.7. The van der Waals surface area contributed by atoms with Crippen molar-refractivity contribution < 1.29 is 22.9 Å². The topological polar surface area (TPSA) is 122 Å². The number of nitrogens with zero attached hydrogens (tertiary/aromatic N) is 3. The molecule has 2 aromatic carbocycles. The molecule has 1 N–H and O–H groups in total. The number of benzene rings is 2. The number of nitro groups is 1. The van der Waals surface area contributed by atoms with E-state index in [1.807, 2.05) is 35.2 Å². The van der Waals surface area contributed by atoms with Gasteiger partial charge >= 0.3 is 0 Å². The Kier molecular flexibility index (Phi) is 7.44. The molecule has 2 aromatic rings. The zero-order valence-corrected chi connectivity index (χ0v) is 19.6. The van der Waals surface area contributed by atoms with Gasteiger partial charge in [0.05, 0.1) is 23.0 Å². The Morgan fingerprint density at radius 2 is 1.74 bits per heavy atom. The predicted octanol–water partition coefficient (Wildman–Crippen LogP) is 2.15. The molecule has 0 aliphatic carbocycles. The standard InChI is InChI=1S/C23H28N4O6S/c28-23(24-17-18-4-2-1-3-5-18)19-8-10-25(11-9-19)21-7-6-20(16-22(21)27(29)30)34(31,32)26-12-14-33-15-13-26/h1-7,16,19H,8-15,17H2,(H,24,28). The van der Waals surface area contributed by atoms with E-state index in [0.717, 1.165) is 11.6 Å². The molecule has 2 aliphatic heterocycles. The van der Waals surface area contributed by atoms with Gasteiger partial charge < -0.3 is 15.0 Å². The molecule has 2 saturated heterocycles. The summed E-state index contributed by atoms with van der Waals surface area (Å²) in [4.78, 5) is 25.6. The van der Waals surface area contributed by atoms with E-state index in [1.165, 1.54) is 16.4 Å². The van der Waals surface area contributed by atoms with E-state index >= 15 is 0 Å². The maximum atomic E-state index is 12.9. The third-order valence-corrected chi connectivity index (χ3v) is 8.16. The van der Waals surface area contributed by atoms with Crippen LogP contribution in [0.3, 0.4) is 0 Å². The molecule has 2 heterocycles. The molecule has 10 nitrogen and oxygen atoms in total. The molecule has 4 rings (SSSR count). The van der Waals surface area contributed by atoms with Gasteiger partial charge in [0.25, 0.3) is 5.69 Å². The normalized spacial score (nSPS) is 17.9. The lowest BCUT2D eigenvalue weighted by molar-refractivity contribution is -0.384. The third kappa shape index (κ3) is 5.37. The van der Waals surface area contributed by atoms with E-state index in [0.29, 0.717) is 51.4 Å². The first-order valence-electron chi connectivity index (χ1n) is 11.3. The monoisotopic (exact) mass is 488 g/mol. The minimum atomic E-state index is -3.84. The number of anilines is 1. The number of nitro benzene ring substituents is 1. The second-order valence-electron chi connectivity index (χ2n) is 8.39. The van der Waals surface area contributed by atoms with Crippen molar-refractivity contribution in [2.45, 2.75) is 24.3 Å². The van der Waals surface area contributed by atoms with E-state index in [-0.39, 0.29) is 35.5 Å². The minimum Gasteiger partial charge on any atom is -0.379 e. The van der Waals surface area contributed by atoms with Crippen LogP contribution in [0, 0.1) is 16.0 Å². The molecule has 2 aliphatic rings. The number of sulfonamides is 1. The number of carbonyl (C=O) groups is 1. The predicted molar refractivity (Wildman–Crippen MR) is 126 cm³/mol. The number of amides is 1. The summed E-state index contributed by atoms with van der Waals surface area (Å²) in [5.74, 6) is -0.190. The van der Waals surface area contributed by atoms with Crippen LogP contribution in [0.1, 0.15) is 18.4 Å². The summed E-state index contributed by atoms with van der Waals surface area (Å²) in [6, 6.07) is 13.7. The lowest BCUT2D eigenvalue weighted by atomic mass is 9.95. The fourth-order valence-electron chi connectivity index (χ4n) is 4.33. The Labute approximate surface area is 198 Å². The molecule has 2 fully saturated rings. The third-order valence-electron chi connectivity index (χ3n) is 6.27. The van der Waals surface area contributed by atoms with Gasteiger partial charge in [-0.05, 0) is 30.5 Å². The maximum Gasteiger partial charge on any atom is 0.293 e. The fourth-order valence-corrected chi connectivity index (χ4v) is 5.75. The lowest BCUT2D eigenvalue weighted by Gasteiger charge is -2.33. The van der Waals surface area contributed by atoms with Crippen molar-refractivity contribution in [3.05, 3.63) is 64.2 Å². The Hall–Kier alpha value is -3.02. The van der Waals surface area contributed by atoms with Gasteiger partial charge in [0.1, 0.15) is 5.69 Å². The lowest BCUT2D eigenvalue weighted by Crippen LogP contribution is -2.41. The number of piperidine rings is 1. The highest BCUT2D eigenvalue weighted by molar-refractivity contribution is 7.89. The van der Waals surface area contributed by atoms with E-state index in [9.17, 15) is 23.3 Å². The average Bonchev–Trinajstić information content (AvgIpc) is 2.88. The summed E-state index contributed by atoms with van der Waals surface area (Å²) in [7, 11) is -3.84. The molecule has 1 amide bonds. The fraction of sp³-hybridized carbons (Fsp3) is 0.435. The van der Waals surface area contributed by atoms with Crippen molar-refractivity contribution in [1.29, 1.82) is 0 Å². The van der Waals surface area contributed by atoms with Crippen LogP contribution in [0.2, 0.25) is 0 Å². The first kappa shape index (κ1) is 24.1. The van der Waals surface area contributed by atoms with Crippen molar-refractivity contribution in [3.8, 4) is 0 Å². The SMILES string of the molecule is O=C(NCc1ccccc1)C1CCN(c2ccc(S(=O)(=O)N3CCOCC3)cc2[N+](=O)[O-])CC1. The molecular weight excluding hydrogens is 460 g/mol. The molecule has 11 heteroatoms. The van der Waals surface area contributed by atoms with Crippen LogP contribution in [0.25, 0.3) is 0 Å².